The van der Waals surface area contributed by atoms with Crippen molar-refractivity contribution in [1.29, 1.82) is 0 Å². The van der Waals surface area contributed by atoms with Gasteiger partial charge in [0.1, 0.15) is 0 Å². The van der Waals surface area contributed by atoms with Crippen LogP contribution in [0.2, 0.25) is 0 Å². The zero-order valence-corrected chi connectivity index (χ0v) is 17.1. The van der Waals surface area contributed by atoms with Crippen LogP contribution in [0, 0.1) is 0 Å². The van der Waals surface area contributed by atoms with E-state index < -0.39 is 0 Å². The highest BCUT2D eigenvalue weighted by atomic mass is 16.5. The molecule has 0 radical (unpaired) electrons. The number of hydrogen-bond acceptors (Lipinski definition) is 4. The largest absolute Gasteiger partial charge is 0.493 e. The van der Waals surface area contributed by atoms with E-state index in [-0.39, 0.29) is 0 Å². The van der Waals surface area contributed by atoms with Crippen molar-refractivity contribution >= 4 is 6.08 Å². The summed E-state index contributed by atoms with van der Waals surface area (Å²) < 4.78 is 11.4. The topological polar surface area (TPSA) is 24.9 Å². The number of nitrogens with zero attached hydrogens (tertiary/aromatic N) is 2. The van der Waals surface area contributed by atoms with E-state index in [2.05, 4.69) is 52.3 Å². The molecule has 0 aliphatic carbocycles. The minimum Gasteiger partial charge on any atom is -0.493 e. The Morgan fingerprint density at radius 3 is 2.39 bits per heavy atom. The Kier molecular flexibility index (Phi) is 7.94. The first kappa shape index (κ1) is 20.4. The molecule has 0 spiro atoms. The third-order valence-electron chi connectivity index (χ3n) is 5.14. The van der Waals surface area contributed by atoms with Crippen LogP contribution < -0.4 is 9.47 Å². The predicted octanol–water partition coefficient (Wildman–Crippen LogP) is 4.32. The van der Waals surface area contributed by atoms with Crippen LogP contribution in [0.15, 0.2) is 54.6 Å². The molecular formula is C24H32N2O2. The highest BCUT2D eigenvalue weighted by Crippen LogP contribution is 2.28. The van der Waals surface area contributed by atoms with Gasteiger partial charge in [0.25, 0.3) is 0 Å². The van der Waals surface area contributed by atoms with E-state index in [4.69, 9.17) is 9.47 Å². The molecule has 4 nitrogen and oxygen atoms in total. The van der Waals surface area contributed by atoms with Crippen LogP contribution in [0.3, 0.4) is 0 Å². The Bertz CT molecular complexity index is 738. The number of piperazine rings is 1. The number of rotatable bonds is 9. The lowest BCUT2D eigenvalue weighted by atomic mass is 10.2. The Morgan fingerprint density at radius 2 is 1.68 bits per heavy atom. The number of allylic oxidation sites excluding steroid dienone is 1. The number of hydrogen-bond donors (Lipinski definition) is 0. The second kappa shape index (κ2) is 10.9. The fraction of sp³-hybridized carbons (Fsp3) is 0.417. The summed E-state index contributed by atoms with van der Waals surface area (Å²) in [7, 11) is 1.69. The highest BCUT2D eigenvalue weighted by molar-refractivity contribution is 5.55. The molecule has 0 saturated carbocycles. The fourth-order valence-corrected chi connectivity index (χ4v) is 3.58. The van der Waals surface area contributed by atoms with Crippen LogP contribution in [0.4, 0.5) is 0 Å². The molecule has 1 aliphatic heterocycles. The molecule has 1 aliphatic rings. The van der Waals surface area contributed by atoms with Crippen molar-refractivity contribution in [1.82, 2.24) is 9.80 Å². The van der Waals surface area contributed by atoms with Crippen molar-refractivity contribution in [2.24, 2.45) is 0 Å². The molecule has 150 valence electrons. The molecule has 1 heterocycles. The van der Waals surface area contributed by atoms with Crippen molar-refractivity contribution in [3.05, 3.63) is 65.7 Å². The normalized spacial score (nSPS) is 15.8. The second-order valence-corrected chi connectivity index (χ2v) is 7.22. The summed E-state index contributed by atoms with van der Waals surface area (Å²) in [5, 5.41) is 0. The molecule has 0 atom stereocenters. The number of ether oxygens (including phenoxy) is 2. The van der Waals surface area contributed by atoms with Gasteiger partial charge in [-0.2, -0.15) is 0 Å². The summed E-state index contributed by atoms with van der Waals surface area (Å²) in [4.78, 5) is 5.08. The third-order valence-corrected chi connectivity index (χ3v) is 5.14. The standard InChI is InChI=1S/C24H32N2O2/c1-3-8-21-11-12-23(24(19-21)27-2)28-18-7-13-25-14-16-26(17-15-25)20-22-9-5-4-6-10-22/h3-6,8-12,19H,7,13-18,20H2,1-2H3/b8-3+. The van der Waals surface area contributed by atoms with E-state index >= 15 is 0 Å². The van der Waals surface area contributed by atoms with Gasteiger partial charge < -0.3 is 14.4 Å². The van der Waals surface area contributed by atoms with Gasteiger partial charge >= 0.3 is 0 Å². The molecule has 0 amide bonds. The molecule has 0 bridgehead atoms. The third kappa shape index (κ3) is 6.11. The van der Waals surface area contributed by atoms with E-state index in [0.717, 1.165) is 62.8 Å². The number of benzene rings is 2. The first-order valence-electron chi connectivity index (χ1n) is 10.2. The van der Waals surface area contributed by atoms with Gasteiger partial charge in [-0.1, -0.05) is 48.6 Å². The quantitative estimate of drug-likeness (QED) is 0.605. The number of methoxy groups -OCH3 is 1. The van der Waals surface area contributed by atoms with Gasteiger partial charge in [-0.25, -0.2) is 0 Å². The summed E-state index contributed by atoms with van der Waals surface area (Å²) in [6.07, 6.45) is 5.11. The molecule has 0 aromatic heterocycles. The molecule has 4 heteroatoms. The Morgan fingerprint density at radius 1 is 0.929 bits per heavy atom. The monoisotopic (exact) mass is 380 g/mol. The lowest BCUT2D eigenvalue weighted by molar-refractivity contribution is 0.121. The van der Waals surface area contributed by atoms with Crippen molar-refractivity contribution in [2.75, 3.05) is 46.4 Å². The fourth-order valence-electron chi connectivity index (χ4n) is 3.58. The molecule has 1 fully saturated rings. The molecule has 1 saturated heterocycles. The molecule has 28 heavy (non-hydrogen) atoms. The zero-order chi connectivity index (χ0) is 19.6. The van der Waals surface area contributed by atoms with Gasteiger partial charge in [0.2, 0.25) is 0 Å². The Balaban J connectivity index is 1.36. The van der Waals surface area contributed by atoms with Gasteiger partial charge in [-0.15, -0.1) is 0 Å². The first-order valence-corrected chi connectivity index (χ1v) is 10.2. The smallest absolute Gasteiger partial charge is 0.161 e. The SMILES string of the molecule is C/C=C/c1ccc(OCCCN2CCN(Cc3ccccc3)CC2)c(OC)c1. The van der Waals surface area contributed by atoms with Crippen molar-refractivity contribution < 1.29 is 9.47 Å². The van der Waals surface area contributed by atoms with Crippen LogP contribution in [-0.4, -0.2) is 56.2 Å². The molecule has 0 unspecified atom stereocenters. The Labute approximate surface area is 169 Å². The van der Waals surface area contributed by atoms with Crippen LogP contribution in [-0.2, 0) is 6.54 Å². The maximum atomic E-state index is 5.97. The van der Waals surface area contributed by atoms with Gasteiger partial charge in [-0.3, -0.25) is 4.90 Å². The van der Waals surface area contributed by atoms with Gasteiger partial charge in [0, 0.05) is 39.3 Å². The molecular weight excluding hydrogens is 348 g/mol. The van der Waals surface area contributed by atoms with Crippen molar-refractivity contribution in [3.63, 3.8) is 0 Å². The average molecular weight is 381 g/mol. The summed E-state index contributed by atoms with van der Waals surface area (Å²) in [6, 6.07) is 16.8. The average Bonchev–Trinajstić information content (AvgIpc) is 2.74. The minimum atomic E-state index is 0.712. The minimum absolute atomic E-state index is 0.712. The maximum Gasteiger partial charge on any atom is 0.161 e. The lowest BCUT2D eigenvalue weighted by Crippen LogP contribution is -2.46. The van der Waals surface area contributed by atoms with E-state index in [1.165, 1.54) is 5.56 Å². The predicted molar refractivity (Wildman–Crippen MR) is 116 cm³/mol. The second-order valence-electron chi connectivity index (χ2n) is 7.22. The summed E-state index contributed by atoms with van der Waals surface area (Å²) in [5.41, 5.74) is 2.53. The van der Waals surface area contributed by atoms with Crippen LogP contribution >= 0.6 is 0 Å². The molecule has 2 aromatic carbocycles. The molecule has 3 rings (SSSR count). The first-order chi connectivity index (χ1) is 13.8. The van der Waals surface area contributed by atoms with E-state index in [0.29, 0.717) is 6.61 Å². The zero-order valence-electron chi connectivity index (χ0n) is 17.1. The summed E-state index contributed by atoms with van der Waals surface area (Å²) >= 11 is 0. The lowest BCUT2D eigenvalue weighted by Gasteiger charge is -2.34. The molecule has 2 aromatic rings. The highest BCUT2D eigenvalue weighted by Gasteiger charge is 2.16. The van der Waals surface area contributed by atoms with Gasteiger partial charge in [-0.05, 0) is 36.6 Å². The Hall–Kier alpha value is -2.30. The molecule has 0 N–H and O–H groups in total. The van der Waals surface area contributed by atoms with Crippen molar-refractivity contribution in [2.45, 2.75) is 19.9 Å². The summed E-state index contributed by atoms with van der Waals surface area (Å²) in [5.74, 6) is 1.62. The van der Waals surface area contributed by atoms with Gasteiger partial charge in [0.05, 0.1) is 13.7 Å². The van der Waals surface area contributed by atoms with E-state index in [9.17, 15) is 0 Å². The summed E-state index contributed by atoms with van der Waals surface area (Å²) in [6.45, 7) is 9.40. The van der Waals surface area contributed by atoms with Crippen LogP contribution in [0.25, 0.3) is 6.08 Å². The van der Waals surface area contributed by atoms with Crippen LogP contribution in [0.1, 0.15) is 24.5 Å². The van der Waals surface area contributed by atoms with E-state index in [1.807, 2.05) is 25.1 Å². The van der Waals surface area contributed by atoms with Gasteiger partial charge in [0.15, 0.2) is 11.5 Å². The van der Waals surface area contributed by atoms with Crippen LogP contribution in [0.5, 0.6) is 11.5 Å². The van der Waals surface area contributed by atoms with E-state index in [1.54, 1.807) is 7.11 Å². The van der Waals surface area contributed by atoms with Crippen molar-refractivity contribution in [3.8, 4) is 11.5 Å². The maximum absolute atomic E-state index is 5.97.